The van der Waals surface area contributed by atoms with E-state index in [1.165, 1.54) is 7.11 Å². The van der Waals surface area contributed by atoms with E-state index in [0.717, 1.165) is 73.7 Å². The average molecular weight is 662 g/mol. The Kier molecular flexibility index (Phi) is 12.0. The summed E-state index contributed by atoms with van der Waals surface area (Å²) in [5.41, 5.74) is 3.38. The number of benzene rings is 3. The van der Waals surface area contributed by atoms with Gasteiger partial charge in [0.2, 0.25) is 0 Å². The second-order valence-electron chi connectivity index (χ2n) is 12.7. The number of carbonyl (C=O) groups is 1. The first kappa shape index (κ1) is 34.5. The van der Waals surface area contributed by atoms with Gasteiger partial charge in [0.05, 0.1) is 49.0 Å². The van der Waals surface area contributed by atoms with Crippen LogP contribution in [0.25, 0.3) is 11.0 Å². The lowest BCUT2D eigenvalue weighted by Gasteiger charge is -2.32. The number of amides is 1. The van der Waals surface area contributed by atoms with Crippen LogP contribution in [-0.2, 0) is 13.1 Å². The third kappa shape index (κ3) is 8.77. The summed E-state index contributed by atoms with van der Waals surface area (Å²) in [7, 11) is 5.25. The lowest BCUT2D eigenvalue weighted by Crippen LogP contribution is -2.44. The number of carbonyl (C=O) groups excluding carboxylic acids is 1. The number of fused-ring (bicyclic) bond motifs is 1. The molecule has 1 saturated heterocycles. The van der Waals surface area contributed by atoms with Crippen LogP contribution in [0.5, 0.6) is 17.2 Å². The van der Waals surface area contributed by atoms with Crippen molar-refractivity contribution in [2.75, 3.05) is 67.1 Å². The van der Waals surface area contributed by atoms with Gasteiger partial charge in [-0.1, -0.05) is 49.7 Å². The normalized spacial score (nSPS) is 14.1. The number of hydrogen-bond acceptors (Lipinski definition) is 7. The van der Waals surface area contributed by atoms with E-state index in [4.69, 9.17) is 30.8 Å². The van der Waals surface area contributed by atoms with Crippen molar-refractivity contribution in [2.24, 2.45) is 5.92 Å². The summed E-state index contributed by atoms with van der Waals surface area (Å²) in [6.07, 6.45) is 1.83. The fraction of sp³-hybridized carbons (Fsp3) is 0.459. The van der Waals surface area contributed by atoms with Crippen LogP contribution in [0.1, 0.15) is 48.4 Å². The van der Waals surface area contributed by atoms with E-state index < -0.39 is 0 Å². The zero-order chi connectivity index (χ0) is 33.3. The van der Waals surface area contributed by atoms with Gasteiger partial charge in [0.25, 0.3) is 5.91 Å². The summed E-state index contributed by atoms with van der Waals surface area (Å²) < 4.78 is 19.3. The number of para-hydroxylation sites is 2. The summed E-state index contributed by atoms with van der Waals surface area (Å²) >= 11 is 6.72. The molecule has 0 atom stereocenters. The van der Waals surface area contributed by atoms with E-state index >= 15 is 0 Å². The van der Waals surface area contributed by atoms with Crippen molar-refractivity contribution in [3.05, 3.63) is 82.6 Å². The van der Waals surface area contributed by atoms with Gasteiger partial charge in [-0.3, -0.25) is 4.79 Å². The molecule has 3 aromatic carbocycles. The van der Waals surface area contributed by atoms with Gasteiger partial charge in [-0.15, -0.1) is 0 Å². The predicted octanol–water partition coefficient (Wildman–Crippen LogP) is 6.46. The number of piperazine rings is 1. The number of halogens is 1. The molecule has 9 nitrogen and oxygen atoms in total. The molecule has 5 rings (SSSR count). The maximum atomic E-state index is 14.1. The van der Waals surface area contributed by atoms with Crippen LogP contribution in [0.2, 0.25) is 5.02 Å². The van der Waals surface area contributed by atoms with Gasteiger partial charge in [-0.25, -0.2) is 4.98 Å². The fourth-order valence-corrected chi connectivity index (χ4v) is 6.26. The van der Waals surface area contributed by atoms with Crippen LogP contribution in [0.3, 0.4) is 0 Å². The standard InChI is InChI=1S/C37H48ClN5O4/c1-27(2)16-18-42(37(44)30-14-15-33(45-4)36(46-5)35(30)38)26-34-39-31-12-6-7-13-32(31)43(34)25-28-10-8-11-29(24-28)47-23-9-17-41-21-19-40(3)20-22-41/h6-8,10-15,24,27H,9,16-23,25-26H2,1-5H3. The Morgan fingerprint density at radius 2 is 1.79 bits per heavy atom. The molecule has 0 aliphatic carbocycles. The molecule has 0 radical (unpaired) electrons. The lowest BCUT2D eigenvalue weighted by atomic mass is 10.1. The molecule has 1 amide bonds. The summed E-state index contributed by atoms with van der Waals surface area (Å²) in [6.45, 7) is 12.0. The monoisotopic (exact) mass is 661 g/mol. The number of hydrogen-bond donors (Lipinski definition) is 0. The SMILES string of the molecule is COc1ccc(C(=O)N(CCC(C)C)Cc2nc3ccccc3n2Cc2cccc(OCCCN3CCN(C)CC3)c2)c(Cl)c1OC. The van der Waals surface area contributed by atoms with Gasteiger partial charge >= 0.3 is 0 Å². The Hall–Kier alpha value is -3.79. The summed E-state index contributed by atoms with van der Waals surface area (Å²) in [6, 6.07) is 19.8. The highest BCUT2D eigenvalue weighted by Crippen LogP contribution is 2.38. The second-order valence-corrected chi connectivity index (χ2v) is 13.0. The highest BCUT2D eigenvalue weighted by atomic mass is 35.5. The molecule has 4 aromatic rings. The van der Waals surface area contributed by atoms with Crippen molar-refractivity contribution in [3.8, 4) is 17.2 Å². The Morgan fingerprint density at radius 3 is 2.53 bits per heavy atom. The van der Waals surface area contributed by atoms with Crippen LogP contribution in [0.15, 0.2) is 60.7 Å². The van der Waals surface area contributed by atoms with Crippen molar-refractivity contribution in [1.82, 2.24) is 24.3 Å². The maximum absolute atomic E-state index is 14.1. The van der Waals surface area contributed by atoms with Crippen molar-refractivity contribution < 1.29 is 19.0 Å². The van der Waals surface area contributed by atoms with E-state index in [0.29, 0.717) is 49.2 Å². The van der Waals surface area contributed by atoms with Gasteiger partial charge in [0.15, 0.2) is 11.5 Å². The largest absolute Gasteiger partial charge is 0.494 e. The fourth-order valence-electron chi connectivity index (χ4n) is 5.95. The molecule has 47 heavy (non-hydrogen) atoms. The average Bonchev–Trinajstić information content (AvgIpc) is 3.41. The Balaban J connectivity index is 1.35. The van der Waals surface area contributed by atoms with Gasteiger partial charge in [-0.05, 0) is 67.8 Å². The second kappa shape index (κ2) is 16.4. The van der Waals surface area contributed by atoms with Crippen molar-refractivity contribution in [1.29, 1.82) is 0 Å². The van der Waals surface area contributed by atoms with Crippen LogP contribution in [0.4, 0.5) is 0 Å². The molecular weight excluding hydrogens is 614 g/mol. The minimum atomic E-state index is -0.179. The first-order chi connectivity index (χ1) is 22.8. The minimum Gasteiger partial charge on any atom is -0.494 e. The zero-order valence-corrected chi connectivity index (χ0v) is 29.1. The maximum Gasteiger partial charge on any atom is 0.255 e. The number of imidazole rings is 1. The molecule has 1 fully saturated rings. The van der Waals surface area contributed by atoms with E-state index in [-0.39, 0.29) is 10.9 Å². The molecular formula is C37H48ClN5O4. The molecule has 0 N–H and O–H groups in total. The van der Waals surface area contributed by atoms with E-state index in [1.54, 1.807) is 19.2 Å². The van der Waals surface area contributed by atoms with Gasteiger partial charge < -0.3 is 33.5 Å². The number of nitrogens with zero attached hydrogens (tertiary/aromatic N) is 5. The number of likely N-dealkylation sites (N-methyl/N-ethyl adjacent to an activating group) is 1. The molecule has 0 bridgehead atoms. The highest BCUT2D eigenvalue weighted by molar-refractivity contribution is 6.35. The summed E-state index contributed by atoms with van der Waals surface area (Å²) in [4.78, 5) is 25.9. The van der Waals surface area contributed by atoms with Crippen molar-refractivity contribution >= 4 is 28.5 Å². The molecule has 1 aromatic heterocycles. The minimum absolute atomic E-state index is 0.179. The number of rotatable bonds is 15. The zero-order valence-electron chi connectivity index (χ0n) is 28.4. The third-order valence-electron chi connectivity index (χ3n) is 8.77. The first-order valence-electron chi connectivity index (χ1n) is 16.5. The van der Waals surface area contributed by atoms with Crippen LogP contribution in [0, 0.1) is 5.92 Å². The number of ether oxygens (including phenoxy) is 3. The van der Waals surface area contributed by atoms with E-state index in [9.17, 15) is 4.79 Å². The molecule has 10 heteroatoms. The molecule has 1 aliphatic rings. The predicted molar refractivity (Wildman–Crippen MR) is 188 cm³/mol. The van der Waals surface area contributed by atoms with Crippen LogP contribution in [-0.4, -0.2) is 97.3 Å². The van der Waals surface area contributed by atoms with Crippen LogP contribution >= 0.6 is 11.6 Å². The quantitative estimate of drug-likeness (QED) is 0.135. The molecule has 1 aliphatic heterocycles. The Morgan fingerprint density at radius 1 is 1.00 bits per heavy atom. The molecule has 2 heterocycles. The number of aromatic nitrogens is 2. The molecule has 0 unspecified atom stereocenters. The van der Waals surface area contributed by atoms with Crippen LogP contribution < -0.4 is 14.2 Å². The van der Waals surface area contributed by atoms with Gasteiger partial charge in [0, 0.05) is 45.8 Å². The van der Waals surface area contributed by atoms with Gasteiger partial charge in [0.1, 0.15) is 11.6 Å². The lowest BCUT2D eigenvalue weighted by molar-refractivity contribution is 0.0729. The smallest absolute Gasteiger partial charge is 0.255 e. The van der Waals surface area contributed by atoms with E-state index in [2.05, 4.69) is 53.5 Å². The molecule has 252 valence electrons. The van der Waals surface area contributed by atoms with Crippen molar-refractivity contribution in [3.63, 3.8) is 0 Å². The Bertz CT molecular complexity index is 1630. The summed E-state index contributed by atoms with van der Waals surface area (Å²) in [5, 5.41) is 0.236. The first-order valence-corrected chi connectivity index (χ1v) is 16.9. The Labute approximate surface area is 284 Å². The van der Waals surface area contributed by atoms with Crippen molar-refractivity contribution in [2.45, 2.75) is 39.8 Å². The topological polar surface area (TPSA) is 72.3 Å². The third-order valence-corrected chi connectivity index (χ3v) is 9.14. The molecule has 0 saturated carbocycles. The van der Waals surface area contributed by atoms with E-state index in [1.807, 2.05) is 35.2 Å². The van der Waals surface area contributed by atoms with Gasteiger partial charge in [-0.2, -0.15) is 0 Å². The molecule has 0 spiro atoms. The summed E-state index contributed by atoms with van der Waals surface area (Å²) in [5.74, 6) is 2.72. The number of methoxy groups -OCH3 is 2. The highest BCUT2D eigenvalue weighted by Gasteiger charge is 2.25.